The fourth-order valence-corrected chi connectivity index (χ4v) is 4.80. The molecule has 2 aromatic heterocycles. The van der Waals surface area contributed by atoms with Crippen LogP contribution in [0.5, 0.6) is 11.5 Å². The zero-order valence-electron chi connectivity index (χ0n) is 22.5. The number of amides is 2. The summed E-state index contributed by atoms with van der Waals surface area (Å²) in [7, 11) is 1.39. The number of benzene rings is 1. The molecular formula is C29H34FN5O4. The van der Waals surface area contributed by atoms with Gasteiger partial charge >= 0.3 is 0 Å². The lowest BCUT2D eigenvalue weighted by atomic mass is 10.0. The van der Waals surface area contributed by atoms with E-state index in [0.29, 0.717) is 59.9 Å². The van der Waals surface area contributed by atoms with Gasteiger partial charge in [-0.25, -0.2) is 4.39 Å². The van der Waals surface area contributed by atoms with Crippen molar-refractivity contribution < 1.29 is 23.5 Å². The van der Waals surface area contributed by atoms with E-state index in [1.165, 1.54) is 19.3 Å². The van der Waals surface area contributed by atoms with E-state index in [-0.39, 0.29) is 30.2 Å². The Morgan fingerprint density at radius 1 is 1.33 bits per heavy atom. The molecule has 1 atom stereocenters. The van der Waals surface area contributed by atoms with Crippen LogP contribution in [0.4, 0.5) is 15.8 Å². The maximum atomic E-state index is 14.5. The smallest absolute Gasteiger partial charge is 0.255 e. The lowest BCUT2D eigenvalue weighted by molar-refractivity contribution is -0.129. The molecule has 4 rings (SSSR count). The van der Waals surface area contributed by atoms with E-state index in [0.717, 1.165) is 12.1 Å². The van der Waals surface area contributed by atoms with E-state index in [1.807, 2.05) is 13.8 Å². The van der Waals surface area contributed by atoms with Crippen molar-refractivity contribution in [2.24, 2.45) is 0 Å². The van der Waals surface area contributed by atoms with Gasteiger partial charge in [-0.15, -0.1) is 0 Å². The predicted octanol–water partition coefficient (Wildman–Crippen LogP) is 4.84. The van der Waals surface area contributed by atoms with E-state index in [1.54, 1.807) is 35.5 Å². The second-order valence-corrected chi connectivity index (χ2v) is 9.16. The molecule has 10 heteroatoms. The minimum absolute atomic E-state index is 0.0366. The van der Waals surface area contributed by atoms with Gasteiger partial charge in [-0.1, -0.05) is 26.5 Å². The Kier molecular flexibility index (Phi) is 8.85. The Balaban J connectivity index is 1.74. The number of pyridine rings is 1. The van der Waals surface area contributed by atoms with Crippen LogP contribution in [0, 0.1) is 5.82 Å². The number of nitrogens with zero attached hydrogens (tertiary/aromatic N) is 2. The molecule has 3 N–H and O–H groups in total. The highest BCUT2D eigenvalue weighted by Crippen LogP contribution is 2.42. The molecule has 1 aromatic carbocycles. The molecule has 3 heterocycles. The zero-order valence-corrected chi connectivity index (χ0v) is 22.5. The van der Waals surface area contributed by atoms with E-state index in [9.17, 15) is 14.0 Å². The fourth-order valence-electron chi connectivity index (χ4n) is 4.80. The molecule has 0 unspecified atom stereocenters. The highest BCUT2D eigenvalue weighted by molar-refractivity contribution is 6.06. The van der Waals surface area contributed by atoms with Gasteiger partial charge in [0, 0.05) is 37.0 Å². The third-order valence-corrected chi connectivity index (χ3v) is 6.72. The number of rotatable bonds is 12. The first-order chi connectivity index (χ1) is 18.9. The van der Waals surface area contributed by atoms with Gasteiger partial charge < -0.3 is 30.0 Å². The lowest BCUT2D eigenvalue weighted by Crippen LogP contribution is -2.43. The summed E-state index contributed by atoms with van der Waals surface area (Å²) >= 11 is 0. The van der Waals surface area contributed by atoms with Crippen LogP contribution in [0.25, 0.3) is 11.3 Å². The van der Waals surface area contributed by atoms with Gasteiger partial charge in [0.2, 0.25) is 5.91 Å². The number of aromatic nitrogens is 2. The number of H-pyrrole nitrogens is 1. The van der Waals surface area contributed by atoms with Crippen LogP contribution in [0.15, 0.2) is 49.3 Å². The highest BCUT2D eigenvalue weighted by atomic mass is 19.1. The standard InChI is InChI=1S/C29H34FN5O4/c1-5-15-35(24(36)7-3)18(6-2)17-39-23-16-31-13-11-19(23)26-27(25-21(33-26)12-14-32-29(25)37)34-22-10-8-9-20(30)28(22)38-4/h7-11,13,16,18,33-34H,3,5-6,12,14-15,17H2,1-2,4H3,(H,32,37)/t18-/m0/s1. The van der Waals surface area contributed by atoms with Crippen molar-refractivity contribution in [3.05, 3.63) is 66.4 Å². The summed E-state index contributed by atoms with van der Waals surface area (Å²) in [6.07, 6.45) is 6.66. The SMILES string of the molecule is C=CC(=O)N(CCC)[C@@H](CC)COc1cnccc1-c1[nH]c2c(c1Nc1cccc(F)c1OC)C(=O)NCC2. The Hall–Kier alpha value is -4.34. The third-order valence-electron chi connectivity index (χ3n) is 6.72. The molecule has 0 fully saturated rings. The summed E-state index contributed by atoms with van der Waals surface area (Å²) in [6.45, 7) is 8.99. The minimum atomic E-state index is -0.526. The molecule has 0 radical (unpaired) electrons. The average molecular weight is 536 g/mol. The average Bonchev–Trinajstić information content (AvgIpc) is 3.31. The van der Waals surface area contributed by atoms with Gasteiger partial charge in [-0.2, -0.15) is 0 Å². The number of carbonyl (C=O) groups is 2. The number of halogens is 1. The Labute approximate surface area is 227 Å². The first-order valence-corrected chi connectivity index (χ1v) is 13.1. The molecule has 0 spiro atoms. The van der Waals surface area contributed by atoms with Crippen molar-refractivity contribution in [2.75, 3.05) is 32.1 Å². The molecule has 3 aromatic rings. The molecule has 206 valence electrons. The molecule has 0 saturated heterocycles. The summed E-state index contributed by atoms with van der Waals surface area (Å²) < 4.78 is 26.0. The second-order valence-electron chi connectivity index (χ2n) is 9.16. The Morgan fingerprint density at radius 3 is 2.87 bits per heavy atom. The number of methoxy groups -OCH3 is 1. The van der Waals surface area contributed by atoms with Crippen molar-refractivity contribution in [1.29, 1.82) is 0 Å². The van der Waals surface area contributed by atoms with Crippen molar-refractivity contribution in [2.45, 2.75) is 39.2 Å². The number of hydrogen-bond acceptors (Lipinski definition) is 6. The molecule has 39 heavy (non-hydrogen) atoms. The number of nitrogens with one attached hydrogen (secondary N) is 3. The van der Waals surface area contributed by atoms with Crippen LogP contribution in [0.2, 0.25) is 0 Å². The summed E-state index contributed by atoms with van der Waals surface area (Å²) in [5.74, 6) is -0.391. The van der Waals surface area contributed by atoms with Gasteiger partial charge in [0.1, 0.15) is 12.4 Å². The summed E-state index contributed by atoms with van der Waals surface area (Å²) in [6, 6.07) is 6.18. The molecule has 0 aliphatic carbocycles. The number of aromatic amines is 1. The van der Waals surface area contributed by atoms with Crippen LogP contribution < -0.4 is 20.1 Å². The van der Waals surface area contributed by atoms with Crippen LogP contribution in [-0.2, 0) is 11.2 Å². The maximum Gasteiger partial charge on any atom is 0.255 e. The van der Waals surface area contributed by atoms with Crippen LogP contribution in [0.1, 0.15) is 42.7 Å². The largest absolute Gasteiger partial charge is 0.492 e. The number of carbonyl (C=O) groups excluding carboxylic acids is 2. The highest BCUT2D eigenvalue weighted by Gasteiger charge is 2.29. The van der Waals surface area contributed by atoms with Gasteiger partial charge in [0.25, 0.3) is 5.91 Å². The van der Waals surface area contributed by atoms with Gasteiger partial charge in [0.05, 0.1) is 42.0 Å². The Bertz CT molecular complexity index is 1360. The van der Waals surface area contributed by atoms with E-state index < -0.39 is 5.82 Å². The fraction of sp³-hybridized carbons (Fsp3) is 0.345. The van der Waals surface area contributed by atoms with Gasteiger partial charge in [-0.05, 0) is 37.1 Å². The maximum absolute atomic E-state index is 14.5. The second kappa shape index (κ2) is 12.5. The number of hydrogen-bond donors (Lipinski definition) is 3. The topological polar surface area (TPSA) is 109 Å². The summed E-state index contributed by atoms with van der Waals surface area (Å²) in [5, 5.41) is 6.11. The number of ether oxygens (including phenoxy) is 2. The number of anilines is 2. The molecule has 2 amide bonds. The normalized spacial score (nSPS) is 13.2. The van der Waals surface area contributed by atoms with E-state index in [2.05, 4.69) is 27.2 Å². The summed E-state index contributed by atoms with van der Waals surface area (Å²) in [5.41, 5.74) is 3.32. The number of para-hydroxylation sites is 1. The van der Waals surface area contributed by atoms with E-state index in [4.69, 9.17) is 9.47 Å². The molecule has 0 bridgehead atoms. The summed E-state index contributed by atoms with van der Waals surface area (Å²) in [4.78, 5) is 34.9. The van der Waals surface area contributed by atoms with Crippen molar-refractivity contribution in [1.82, 2.24) is 20.2 Å². The number of fused-ring (bicyclic) bond motifs is 1. The molecular weight excluding hydrogens is 501 g/mol. The predicted molar refractivity (Wildman–Crippen MR) is 148 cm³/mol. The quantitative estimate of drug-likeness (QED) is 0.287. The Morgan fingerprint density at radius 2 is 2.15 bits per heavy atom. The first-order valence-electron chi connectivity index (χ1n) is 13.1. The van der Waals surface area contributed by atoms with E-state index >= 15 is 0 Å². The monoisotopic (exact) mass is 535 g/mol. The molecule has 1 aliphatic heterocycles. The van der Waals surface area contributed by atoms with Crippen molar-refractivity contribution in [3.8, 4) is 22.8 Å². The zero-order chi connectivity index (χ0) is 27.9. The lowest BCUT2D eigenvalue weighted by Gasteiger charge is -2.30. The first kappa shape index (κ1) is 27.7. The van der Waals surface area contributed by atoms with Crippen molar-refractivity contribution >= 4 is 23.2 Å². The van der Waals surface area contributed by atoms with Gasteiger partial charge in [0.15, 0.2) is 11.6 Å². The third kappa shape index (κ3) is 5.74. The van der Waals surface area contributed by atoms with Crippen LogP contribution >= 0.6 is 0 Å². The van der Waals surface area contributed by atoms with Gasteiger partial charge in [-0.3, -0.25) is 14.6 Å². The van der Waals surface area contributed by atoms with Crippen molar-refractivity contribution in [3.63, 3.8) is 0 Å². The molecule has 9 nitrogen and oxygen atoms in total. The molecule has 1 aliphatic rings. The minimum Gasteiger partial charge on any atom is -0.492 e. The van der Waals surface area contributed by atoms with Crippen LogP contribution in [0.3, 0.4) is 0 Å². The van der Waals surface area contributed by atoms with Crippen LogP contribution in [-0.4, -0.2) is 59.5 Å². The molecule has 0 saturated carbocycles.